The van der Waals surface area contributed by atoms with Crippen LogP contribution < -0.4 is 10.6 Å². The average molecular weight is 444 g/mol. The Labute approximate surface area is 180 Å². The van der Waals surface area contributed by atoms with Gasteiger partial charge in [-0.25, -0.2) is 19.3 Å². The summed E-state index contributed by atoms with van der Waals surface area (Å²) in [5.41, 5.74) is 0.198. The molecule has 4 aromatic rings. The fourth-order valence-corrected chi connectivity index (χ4v) is 4.29. The average Bonchev–Trinajstić information content (AvgIpc) is 3.23. The van der Waals surface area contributed by atoms with Crippen molar-refractivity contribution in [2.75, 3.05) is 10.6 Å². The maximum atomic E-state index is 13.8. The molecule has 1 aromatic carbocycles. The van der Waals surface area contributed by atoms with Crippen LogP contribution in [0.1, 0.15) is 31.4 Å². The van der Waals surface area contributed by atoms with Crippen LogP contribution in [0, 0.1) is 5.82 Å². The van der Waals surface area contributed by atoms with Crippen LogP contribution in [-0.4, -0.2) is 31.4 Å². The van der Waals surface area contributed by atoms with Crippen LogP contribution in [-0.2, 0) is 6.18 Å². The van der Waals surface area contributed by atoms with Crippen LogP contribution in [0.5, 0.6) is 0 Å². The molecular weight excluding hydrogens is 424 g/mol. The van der Waals surface area contributed by atoms with Crippen LogP contribution >= 0.6 is 0 Å². The molecule has 2 N–H and O–H groups in total. The first-order valence-electron chi connectivity index (χ1n) is 10.3. The number of fused-ring (bicyclic) bond motifs is 2. The number of nitrogens with zero attached hydrogens (tertiary/aromatic N) is 4. The van der Waals surface area contributed by atoms with Crippen molar-refractivity contribution >= 4 is 27.9 Å². The third-order valence-corrected chi connectivity index (χ3v) is 5.78. The van der Waals surface area contributed by atoms with E-state index in [1.54, 1.807) is 18.7 Å². The highest BCUT2D eigenvalue weighted by Gasteiger charge is 2.34. The van der Waals surface area contributed by atoms with Crippen molar-refractivity contribution < 1.29 is 17.6 Å². The summed E-state index contributed by atoms with van der Waals surface area (Å²) in [4.78, 5) is 12.2. The summed E-state index contributed by atoms with van der Waals surface area (Å²) in [6, 6.07) is 4.57. The Balaban J connectivity index is 1.40. The van der Waals surface area contributed by atoms with Crippen molar-refractivity contribution in [3.63, 3.8) is 0 Å². The van der Waals surface area contributed by atoms with Gasteiger partial charge in [-0.3, -0.25) is 0 Å². The van der Waals surface area contributed by atoms with Gasteiger partial charge in [-0.05, 0) is 49.9 Å². The van der Waals surface area contributed by atoms with Gasteiger partial charge in [0.1, 0.15) is 17.0 Å². The third kappa shape index (κ3) is 4.04. The molecule has 0 amide bonds. The molecule has 0 unspecified atom stereocenters. The SMILES string of the molecule is Fc1ccc2nc(C(F)(F)F)cc(N[C@H]3CCC[C@@H](Nc4nccn5cncc45)C3)c2c1. The van der Waals surface area contributed by atoms with Gasteiger partial charge in [-0.15, -0.1) is 0 Å². The van der Waals surface area contributed by atoms with Gasteiger partial charge in [0.2, 0.25) is 0 Å². The predicted molar refractivity (Wildman–Crippen MR) is 113 cm³/mol. The van der Waals surface area contributed by atoms with E-state index in [1.807, 2.05) is 10.6 Å². The molecule has 2 atom stereocenters. The first-order valence-corrected chi connectivity index (χ1v) is 10.3. The lowest BCUT2D eigenvalue weighted by Gasteiger charge is -2.31. The predicted octanol–water partition coefficient (Wildman–Crippen LogP) is 5.27. The minimum Gasteiger partial charge on any atom is -0.382 e. The Morgan fingerprint density at radius 3 is 2.69 bits per heavy atom. The Hall–Kier alpha value is -3.43. The van der Waals surface area contributed by atoms with Crippen molar-refractivity contribution in [3.8, 4) is 0 Å². The number of rotatable bonds is 4. The molecule has 32 heavy (non-hydrogen) atoms. The van der Waals surface area contributed by atoms with E-state index in [0.29, 0.717) is 17.6 Å². The summed E-state index contributed by atoms with van der Waals surface area (Å²) in [6.07, 6.45) is 5.60. The molecular formula is C22H20F4N6. The van der Waals surface area contributed by atoms with Gasteiger partial charge in [0, 0.05) is 35.6 Å². The van der Waals surface area contributed by atoms with Crippen molar-refractivity contribution in [3.05, 3.63) is 60.7 Å². The fraction of sp³-hybridized carbons (Fsp3) is 0.318. The number of imidazole rings is 1. The molecule has 0 saturated heterocycles. The molecule has 10 heteroatoms. The third-order valence-electron chi connectivity index (χ3n) is 5.78. The number of halogens is 4. The molecule has 3 aromatic heterocycles. The van der Waals surface area contributed by atoms with E-state index in [9.17, 15) is 17.6 Å². The zero-order valence-electron chi connectivity index (χ0n) is 16.9. The minimum absolute atomic E-state index is 0.0826. The maximum Gasteiger partial charge on any atom is 0.433 e. The highest BCUT2D eigenvalue weighted by molar-refractivity contribution is 5.91. The second-order valence-corrected chi connectivity index (χ2v) is 8.03. The van der Waals surface area contributed by atoms with Crippen molar-refractivity contribution in [1.29, 1.82) is 0 Å². The molecule has 1 aliphatic carbocycles. The van der Waals surface area contributed by atoms with Gasteiger partial charge in [0.05, 0.1) is 18.0 Å². The lowest BCUT2D eigenvalue weighted by molar-refractivity contribution is -0.140. The Bertz CT molecular complexity index is 1270. The number of benzene rings is 1. The van der Waals surface area contributed by atoms with Gasteiger partial charge >= 0.3 is 6.18 Å². The van der Waals surface area contributed by atoms with E-state index in [1.165, 1.54) is 12.1 Å². The summed E-state index contributed by atoms with van der Waals surface area (Å²) in [5.74, 6) is 0.191. The summed E-state index contributed by atoms with van der Waals surface area (Å²) in [7, 11) is 0. The second kappa shape index (κ2) is 7.92. The lowest BCUT2D eigenvalue weighted by atomic mass is 9.90. The molecule has 3 heterocycles. The van der Waals surface area contributed by atoms with E-state index >= 15 is 0 Å². The first-order chi connectivity index (χ1) is 15.4. The van der Waals surface area contributed by atoms with Crippen LogP contribution in [0.4, 0.5) is 29.1 Å². The van der Waals surface area contributed by atoms with E-state index in [-0.39, 0.29) is 23.3 Å². The molecule has 1 aliphatic rings. The standard InChI is InChI=1S/C22H20F4N6/c23-13-4-5-17-16(8-13)18(10-20(31-17)22(24,25)26)29-14-2-1-3-15(9-14)30-21-19-11-27-12-32(19)7-6-28-21/h4-8,10-12,14-15H,1-3,9H2,(H,28,30)(H,29,31)/t14-,15+/m0/s1. The van der Waals surface area contributed by atoms with Crippen molar-refractivity contribution in [2.24, 2.45) is 0 Å². The Morgan fingerprint density at radius 2 is 1.88 bits per heavy atom. The number of aromatic nitrogens is 4. The van der Waals surface area contributed by atoms with Gasteiger partial charge in [0.25, 0.3) is 0 Å². The number of alkyl halides is 3. The zero-order valence-corrected chi connectivity index (χ0v) is 16.9. The van der Waals surface area contributed by atoms with Gasteiger partial charge in [-0.1, -0.05) is 0 Å². The van der Waals surface area contributed by atoms with E-state index in [0.717, 1.165) is 36.9 Å². The van der Waals surface area contributed by atoms with Gasteiger partial charge in [-0.2, -0.15) is 13.2 Å². The molecule has 1 saturated carbocycles. The maximum absolute atomic E-state index is 13.8. The Kier molecular flexibility index (Phi) is 5.07. The fourth-order valence-electron chi connectivity index (χ4n) is 4.29. The number of hydrogen-bond acceptors (Lipinski definition) is 5. The highest BCUT2D eigenvalue weighted by atomic mass is 19.4. The molecule has 6 nitrogen and oxygen atoms in total. The number of hydrogen-bond donors (Lipinski definition) is 2. The summed E-state index contributed by atoms with van der Waals surface area (Å²) in [6.45, 7) is 0. The quantitative estimate of drug-likeness (QED) is 0.420. The van der Waals surface area contributed by atoms with E-state index in [4.69, 9.17) is 0 Å². The number of nitrogens with one attached hydrogen (secondary N) is 2. The number of pyridine rings is 1. The van der Waals surface area contributed by atoms with Crippen LogP contribution in [0.25, 0.3) is 16.4 Å². The Morgan fingerprint density at radius 1 is 1.06 bits per heavy atom. The smallest absolute Gasteiger partial charge is 0.382 e. The molecule has 0 spiro atoms. The second-order valence-electron chi connectivity index (χ2n) is 8.03. The lowest BCUT2D eigenvalue weighted by Crippen LogP contribution is -2.34. The van der Waals surface area contributed by atoms with Crippen LogP contribution in [0.3, 0.4) is 0 Å². The normalized spacial score (nSPS) is 19.4. The summed E-state index contributed by atoms with van der Waals surface area (Å²) in [5, 5.41) is 7.00. The number of anilines is 2. The molecule has 5 rings (SSSR count). The largest absolute Gasteiger partial charge is 0.433 e. The van der Waals surface area contributed by atoms with Crippen LogP contribution in [0.15, 0.2) is 49.2 Å². The van der Waals surface area contributed by atoms with Gasteiger partial charge in [0.15, 0.2) is 5.82 Å². The zero-order chi connectivity index (χ0) is 22.3. The first kappa shape index (κ1) is 20.5. The summed E-state index contributed by atoms with van der Waals surface area (Å²) < 4.78 is 55.8. The molecule has 0 radical (unpaired) electrons. The monoisotopic (exact) mass is 444 g/mol. The topological polar surface area (TPSA) is 67.1 Å². The summed E-state index contributed by atoms with van der Waals surface area (Å²) >= 11 is 0. The van der Waals surface area contributed by atoms with E-state index < -0.39 is 17.7 Å². The van der Waals surface area contributed by atoms with Crippen molar-refractivity contribution in [1.82, 2.24) is 19.4 Å². The molecule has 0 bridgehead atoms. The molecule has 1 fully saturated rings. The molecule has 0 aliphatic heterocycles. The highest BCUT2D eigenvalue weighted by Crippen LogP contribution is 2.35. The van der Waals surface area contributed by atoms with Gasteiger partial charge < -0.3 is 15.0 Å². The van der Waals surface area contributed by atoms with Crippen molar-refractivity contribution in [2.45, 2.75) is 43.9 Å². The van der Waals surface area contributed by atoms with Crippen LogP contribution in [0.2, 0.25) is 0 Å². The van der Waals surface area contributed by atoms with E-state index in [2.05, 4.69) is 25.6 Å². The molecule has 166 valence electrons. The minimum atomic E-state index is -4.59.